The molecule has 45 heavy (non-hydrogen) atoms. The summed E-state index contributed by atoms with van der Waals surface area (Å²) >= 11 is 12.3. The van der Waals surface area contributed by atoms with E-state index in [4.69, 9.17) is 28.2 Å². The van der Waals surface area contributed by atoms with Crippen molar-refractivity contribution in [3.63, 3.8) is 0 Å². The molecule has 1 saturated heterocycles. The zero-order valence-electron chi connectivity index (χ0n) is 24.4. The summed E-state index contributed by atoms with van der Waals surface area (Å²) in [5.74, 6) is -1.03. The summed E-state index contributed by atoms with van der Waals surface area (Å²) in [5.41, 5.74) is 3.22. The lowest BCUT2D eigenvalue weighted by molar-refractivity contribution is -0.139. The number of carboxylic acids is 1. The minimum atomic E-state index is -0.919. The highest BCUT2D eigenvalue weighted by molar-refractivity contribution is 6.31. The molecule has 2 aromatic heterocycles. The van der Waals surface area contributed by atoms with E-state index < -0.39 is 12.0 Å². The van der Waals surface area contributed by atoms with Gasteiger partial charge in [-0.1, -0.05) is 53.4 Å². The van der Waals surface area contributed by atoms with E-state index in [0.29, 0.717) is 54.6 Å². The Hall–Kier alpha value is -4.26. The van der Waals surface area contributed by atoms with Crippen LogP contribution in [0.3, 0.4) is 0 Å². The molecule has 2 atom stereocenters. The van der Waals surface area contributed by atoms with Crippen LogP contribution >= 0.6 is 23.2 Å². The molecule has 0 spiro atoms. The molecule has 0 aliphatic carbocycles. The maximum Gasteiger partial charge on any atom is 0.317 e. The number of aliphatic carboxylic acids is 1. The van der Waals surface area contributed by atoms with Gasteiger partial charge in [0.1, 0.15) is 6.04 Å². The number of nitrogens with one attached hydrogen (secondary N) is 1. The second-order valence-corrected chi connectivity index (χ2v) is 12.1. The van der Waals surface area contributed by atoms with Crippen LogP contribution in [-0.2, 0) is 9.59 Å². The van der Waals surface area contributed by atoms with Crippen molar-refractivity contribution in [3.05, 3.63) is 87.1 Å². The van der Waals surface area contributed by atoms with Gasteiger partial charge in [-0.3, -0.25) is 23.9 Å². The number of amides is 1. The molecule has 2 bridgehead atoms. The number of aromatic nitrogens is 5. The molecule has 0 saturated carbocycles. The predicted octanol–water partition coefficient (Wildman–Crippen LogP) is 3.65. The molecule has 0 radical (unpaired) electrons. The first-order chi connectivity index (χ1) is 21.8. The van der Waals surface area contributed by atoms with Gasteiger partial charge in [0.05, 0.1) is 36.5 Å². The van der Waals surface area contributed by atoms with Crippen molar-refractivity contribution in [2.75, 3.05) is 37.6 Å². The highest BCUT2D eigenvalue weighted by atomic mass is 35.5. The Kier molecular flexibility index (Phi) is 9.15. The monoisotopic (exact) mass is 650 g/mol. The number of fused-ring (bicyclic) bond motifs is 4. The van der Waals surface area contributed by atoms with Crippen LogP contribution < -0.4 is 15.8 Å². The molecule has 1 amide bonds. The van der Waals surface area contributed by atoms with Gasteiger partial charge >= 0.3 is 5.97 Å². The molecule has 2 aliphatic rings. The minimum Gasteiger partial charge on any atom is -0.480 e. The first-order valence-electron chi connectivity index (χ1n) is 14.8. The molecule has 14 heteroatoms. The minimum absolute atomic E-state index is 0.115. The molecule has 1 fully saturated rings. The van der Waals surface area contributed by atoms with Crippen LogP contribution in [0.5, 0.6) is 0 Å². The maximum atomic E-state index is 13.8. The SMILES string of the molecule is O=C(O)CN1CCN2c3cccc(c3)[C@@H](n3cnc(-c4cc(Cl)ccc4-n4cc(Cl)nn4)cc3=O)CCCCCNC(=O)[C@H]2C1. The van der Waals surface area contributed by atoms with E-state index in [2.05, 4.69) is 15.6 Å². The van der Waals surface area contributed by atoms with Crippen LogP contribution in [0.1, 0.15) is 37.3 Å². The van der Waals surface area contributed by atoms with Crippen molar-refractivity contribution in [2.24, 2.45) is 0 Å². The third-order valence-electron chi connectivity index (χ3n) is 8.28. The molecule has 6 rings (SSSR count). The Labute approximate surface area is 269 Å². The van der Waals surface area contributed by atoms with Crippen LogP contribution in [0.15, 0.2) is 65.8 Å². The number of halogens is 2. The van der Waals surface area contributed by atoms with Gasteiger partial charge < -0.3 is 15.3 Å². The molecule has 2 aromatic carbocycles. The van der Waals surface area contributed by atoms with Gasteiger partial charge in [-0.15, -0.1) is 5.10 Å². The lowest BCUT2D eigenvalue weighted by Gasteiger charge is -2.41. The van der Waals surface area contributed by atoms with E-state index in [-0.39, 0.29) is 29.2 Å². The van der Waals surface area contributed by atoms with Crippen molar-refractivity contribution < 1.29 is 14.7 Å². The largest absolute Gasteiger partial charge is 0.480 e. The van der Waals surface area contributed by atoms with Gasteiger partial charge in [0, 0.05) is 48.5 Å². The van der Waals surface area contributed by atoms with Crippen LogP contribution in [0.25, 0.3) is 16.9 Å². The fourth-order valence-electron chi connectivity index (χ4n) is 6.12. The third-order valence-corrected chi connectivity index (χ3v) is 8.69. The number of rotatable bonds is 5. The fourth-order valence-corrected chi connectivity index (χ4v) is 6.42. The highest BCUT2D eigenvalue weighted by Gasteiger charge is 2.33. The number of carbonyl (C=O) groups is 2. The molecule has 4 heterocycles. The van der Waals surface area contributed by atoms with E-state index in [1.165, 1.54) is 10.7 Å². The second kappa shape index (κ2) is 13.4. The fraction of sp³-hybridized carbons (Fsp3) is 0.355. The Morgan fingerprint density at radius 1 is 1.02 bits per heavy atom. The summed E-state index contributed by atoms with van der Waals surface area (Å²) in [6, 6.07) is 13.8. The number of nitrogens with zero attached hydrogens (tertiary/aromatic N) is 7. The zero-order valence-corrected chi connectivity index (χ0v) is 25.9. The summed E-state index contributed by atoms with van der Waals surface area (Å²) in [6.45, 7) is 1.73. The lowest BCUT2D eigenvalue weighted by Crippen LogP contribution is -2.60. The van der Waals surface area contributed by atoms with Gasteiger partial charge in [0.15, 0.2) is 5.15 Å². The zero-order chi connectivity index (χ0) is 31.5. The van der Waals surface area contributed by atoms with Gasteiger partial charge in [-0.2, -0.15) is 0 Å². The Morgan fingerprint density at radius 2 is 1.89 bits per heavy atom. The Balaban J connectivity index is 1.36. The van der Waals surface area contributed by atoms with E-state index >= 15 is 0 Å². The average molecular weight is 652 g/mol. The predicted molar refractivity (Wildman–Crippen MR) is 170 cm³/mol. The van der Waals surface area contributed by atoms with E-state index in [0.717, 1.165) is 30.5 Å². The van der Waals surface area contributed by atoms with Crippen molar-refractivity contribution in [3.8, 4) is 16.9 Å². The molecule has 2 aliphatic heterocycles. The van der Waals surface area contributed by atoms with Crippen molar-refractivity contribution in [1.82, 2.24) is 34.8 Å². The summed E-state index contributed by atoms with van der Waals surface area (Å²) in [7, 11) is 0. The third kappa shape index (κ3) is 6.87. The van der Waals surface area contributed by atoms with Crippen molar-refractivity contribution in [1.29, 1.82) is 0 Å². The van der Waals surface area contributed by atoms with Gasteiger partial charge in [0.2, 0.25) is 5.91 Å². The molecule has 4 aromatic rings. The number of anilines is 1. The number of hydrogen-bond acceptors (Lipinski definition) is 8. The number of carboxylic acid groups (broad SMARTS) is 1. The summed E-state index contributed by atoms with van der Waals surface area (Å²) in [5, 5.41) is 21.0. The van der Waals surface area contributed by atoms with Crippen LogP contribution in [0, 0.1) is 0 Å². The second-order valence-electron chi connectivity index (χ2n) is 11.3. The van der Waals surface area contributed by atoms with Crippen molar-refractivity contribution >= 4 is 40.8 Å². The van der Waals surface area contributed by atoms with Gasteiger partial charge in [-0.05, 0) is 48.7 Å². The quantitative estimate of drug-likeness (QED) is 0.331. The van der Waals surface area contributed by atoms with Crippen LogP contribution in [0.2, 0.25) is 10.2 Å². The number of carbonyl (C=O) groups excluding carboxylic acids is 1. The number of benzene rings is 2. The summed E-state index contributed by atoms with van der Waals surface area (Å²) < 4.78 is 3.17. The smallest absolute Gasteiger partial charge is 0.317 e. The van der Waals surface area contributed by atoms with Crippen LogP contribution in [-0.4, -0.2) is 85.2 Å². The first kappa shape index (κ1) is 30.8. The van der Waals surface area contributed by atoms with Gasteiger partial charge in [-0.25, -0.2) is 9.67 Å². The van der Waals surface area contributed by atoms with E-state index in [9.17, 15) is 19.5 Å². The first-order valence-corrected chi connectivity index (χ1v) is 15.6. The number of piperazine rings is 1. The molecule has 12 nitrogen and oxygen atoms in total. The molecule has 2 N–H and O–H groups in total. The van der Waals surface area contributed by atoms with Crippen LogP contribution in [0.4, 0.5) is 5.69 Å². The average Bonchev–Trinajstić information content (AvgIpc) is 3.46. The van der Waals surface area contributed by atoms with Gasteiger partial charge in [0.25, 0.3) is 5.56 Å². The molecule has 234 valence electrons. The lowest BCUT2D eigenvalue weighted by atomic mass is 9.98. The molecular weight excluding hydrogens is 619 g/mol. The molecular formula is C31H32Cl2N8O4. The van der Waals surface area contributed by atoms with E-state index in [1.807, 2.05) is 29.2 Å². The van der Waals surface area contributed by atoms with E-state index in [1.54, 1.807) is 40.2 Å². The Morgan fingerprint density at radius 3 is 2.67 bits per heavy atom. The Bertz CT molecular complexity index is 1780. The molecule has 0 unspecified atom stereocenters. The summed E-state index contributed by atoms with van der Waals surface area (Å²) in [4.78, 5) is 47.0. The highest BCUT2D eigenvalue weighted by Crippen LogP contribution is 2.31. The summed E-state index contributed by atoms with van der Waals surface area (Å²) in [6.07, 6.45) is 6.33. The normalized spacial score (nSPS) is 19.5. The van der Waals surface area contributed by atoms with Crippen molar-refractivity contribution in [2.45, 2.75) is 37.8 Å². The topological polar surface area (TPSA) is 138 Å². The maximum absolute atomic E-state index is 13.8. The number of hydrogen-bond donors (Lipinski definition) is 2. The standard InChI is InChI=1S/C31H32Cl2N8O4/c32-21-8-9-26(41-17-28(33)36-37-41)23(14-21)24-15-29(42)40(19-35-24)25-7-2-1-3-10-34-31(45)27-16-38(18-30(43)44)11-12-39(27)22-6-4-5-20(25)13-22/h4-6,8-9,13-15,17,19,25,27H,1-3,7,10-12,16,18H2,(H,34,45)(H,43,44)/t25-,27+/m0/s1.